The lowest BCUT2D eigenvalue weighted by atomic mass is 9.88. The molecule has 2 aromatic rings. The minimum atomic E-state index is -0.399. The van der Waals surface area contributed by atoms with Crippen molar-refractivity contribution in [2.24, 2.45) is 18.9 Å². The molecule has 0 aliphatic carbocycles. The topological polar surface area (TPSA) is 67.2 Å². The number of carbonyl (C=O) groups is 2. The molecular formula is C23H33ClN4O2. The van der Waals surface area contributed by atoms with Gasteiger partial charge in [-0.2, -0.15) is 5.10 Å². The van der Waals surface area contributed by atoms with Crippen molar-refractivity contribution in [3.8, 4) is 0 Å². The summed E-state index contributed by atoms with van der Waals surface area (Å²) in [5.41, 5.74) is 2.91. The summed E-state index contributed by atoms with van der Waals surface area (Å²) < 4.78 is 1.70. The van der Waals surface area contributed by atoms with Gasteiger partial charge in [-0.3, -0.25) is 14.3 Å². The number of aryl methyl sites for hydroxylation is 1. The molecule has 1 fully saturated rings. The van der Waals surface area contributed by atoms with Crippen LogP contribution in [-0.4, -0.2) is 46.5 Å². The molecule has 1 aromatic carbocycles. The lowest BCUT2D eigenvalue weighted by Gasteiger charge is -2.33. The molecule has 0 radical (unpaired) electrons. The van der Waals surface area contributed by atoms with Gasteiger partial charge in [-0.15, -0.1) is 12.4 Å². The van der Waals surface area contributed by atoms with E-state index in [4.69, 9.17) is 0 Å². The van der Waals surface area contributed by atoms with E-state index < -0.39 is 6.04 Å². The molecule has 1 aromatic heterocycles. The van der Waals surface area contributed by atoms with E-state index >= 15 is 0 Å². The Labute approximate surface area is 185 Å². The van der Waals surface area contributed by atoms with Crippen molar-refractivity contribution >= 4 is 24.1 Å². The molecule has 2 heterocycles. The second-order valence-electron chi connectivity index (χ2n) is 8.43. The summed E-state index contributed by atoms with van der Waals surface area (Å²) in [6.45, 7) is 5.61. The van der Waals surface area contributed by atoms with Crippen LogP contribution in [0.4, 0.5) is 0 Å². The first-order valence-electron chi connectivity index (χ1n) is 10.5. The molecule has 1 saturated heterocycles. The lowest BCUT2D eigenvalue weighted by molar-refractivity contribution is -0.134. The van der Waals surface area contributed by atoms with Crippen molar-refractivity contribution < 1.29 is 9.59 Å². The predicted molar refractivity (Wildman–Crippen MR) is 121 cm³/mol. The number of likely N-dealkylation sites (tertiary alicyclic amines) is 1. The van der Waals surface area contributed by atoms with Crippen molar-refractivity contribution in [3.05, 3.63) is 53.3 Å². The average molecular weight is 433 g/mol. The number of nitrogens with zero attached hydrogens (tertiary/aromatic N) is 3. The van der Waals surface area contributed by atoms with E-state index in [-0.39, 0.29) is 30.0 Å². The summed E-state index contributed by atoms with van der Waals surface area (Å²) in [4.78, 5) is 27.7. The van der Waals surface area contributed by atoms with Gasteiger partial charge in [-0.25, -0.2) is 0 Å². The van der Waals surface area contributed by atoms with Crippen molar-refractivity contribution in [3.63, 3.8) is 0 Å². The average Bonchev–Trinajstić information content (AvgIpc) is 3.14. The fourth-order valence-corrected chi connectivity index (χ4v) is 4.08. The number of amides is 1. The molecule has 0 bridgehead atoms. The van der Waals surface area contributed by atoms with Gasteiger partial charge < -0.3 is 10.2 Å². The summed E-state index contributed by atoms with van der Waals surface area (Å²) in [5.74, 6) is 0.836. The third kappa shape index (κ3) is 5.70. The quantitative estimate of drug-likeness (QED) is 0.680. The summed E-state index contributed by atoms with van der Waals surface area (Å²) in [6.07, 6.45) is 6.03. The van der Waals surface area contributed by atoms with E-state index in [9.17, 15) is 9.59 Å². The largest absolute Gasteiger partial charge is 0.341 e. The normalized spacial score (nSPS) is 15.7. The molecule has 1 N–H and O–H groups in total. The molecule has 1 aliphatic rings. The smallest absolute Gasteiger partial charge is 0.244 e. The van der Waals surface area contributed by atoms with Gasteiger partial charge in [0.05, 0.1) is 6.20 Å². The number of hydrogen-bond acceptors (Lipinski definition) is 4. The zero-order valence-corrected chi connectivity index (χ0v) is 19.1. The van der Waals surface area contributed by atoms with Gasteiger partial charge in [0.25, 0.3) is 0 Å². The zero-order valence-electron chi connectivity index (χ0n) is 18.3. The molecule has 164 valence electrons. The van der Waals surface area contributed by atoms with E-state index in [1.54, 1.807) is 17.9 Å². The maximum absolute atomic E-state index is 13.0. The monoisotopic (exact) mass is 432 g/mol. The first-order valence-corrected chi connectivity index (χ1v) is 10.5. The maximum atomic E-state index is 13.0. The summed E-state index contributed by atoms with van der Waals surface area (Å²) in [5, 5.41) is 7.26. The third-order valence-electron chi connectivity index (χ3n) is 5.65. The molecule has 1 unspecified atom stereocenters. The van der Waals surface area contributed by atoms with Gasteiger partial charge in [-0.1, -0.05) is 38.1 Å². The van der Waals surface area contributed by atoms with Crippen LogP contribution in [0.3, 0.4) is 0 Å². The van der Waals surface area contributed by atoms with Crippen LogP contribution in [0.5, 0.6) is 0 Å². The number of rotatable bonds is 7. The number of likely N-dealkylation sites (N-methyl/N-ethyl adjacent to an activating group) is 1. The van der Waals surface area contributed by atoms with Gasteiger partial charge in [0.15, 0.2) is 5.78 Å². The molecule has 7 heteroatoms. The van der Waals surface area contributed by atoms with Gasteiger partial charge in [0.2, 0.25) is 5.91 Å². The molecule has 0 spiro atoms. The van der Waals surface area contributed by atoms with Crippen LogP contribution in [0.1, 0.15) is 54.2 Å². The number of piperidine rings is 1. The highest BCUT2D eigenvalue weighted by atomic mass is 35.5. The number of hydrogen-bond donors (Lipinski definition) is 1. The Kier molecular flexibility index (Phi) is 8.62. The number of benzene rings is 1. The Hall–Kier alpha value is -2.18. The highest BCUT2D eigenvalue weighted by molar-refractivity contribution is 5.98. The highest BCUT2D eigenvalue weighted by Gasteiger charge is 2.31. The van der Waals surface area contributed by atoms with Crippen molar-refractivity contribution in [1.82, 2.24) is 20.0 Å². The van der Waals surface area contributed by atoms with Crippen LogP contribution in [-0.2, 0) is 18.3 Å². The molecule has 30 heavy (non-hydrogen) atoms. The van der Waals surface area contributed by atoms with Gasteiger partial charge >= 0.3 is 0 Å². The number of Topliss-reactive ketones (excluding diaryl/α,β-unsaturated/α-hetero) is 1. The van der Waals surface area contributed by atoms with Crippen LogP contribution in [0.15, 0.2) is 36.7 Å². The molecule has 1 aliphatic heterocycles. The second-order valence-corrected chi connectivity index (χ2v) is 8.43. The molecular weight excluding hydrogens is 400 g/mol. The number of nitrogens with one attached hydrogen (secondary N) is 1. The fraction of sp³-hybridized carbons (Fsp3) is 0.522. The zero-order chi connectivity index (χ0) is 21.0. The third-order valence-corrected chi connectivity index (χ3v) is 5.65. The Balaban J connectivity index is 0.00000320. The van der Waals surface area contributed by atoms with Crippen molar-refractivity contribution in [1.29, 1.82) is 0 Å². The fourth-order valence-electron chi connectivity index (χ4n) is 4.08. The van der Waals surface area contributed by atoms with E-state index in [2.05, 4.69) is 36.4 Å². The molecule has 3 rings (SSSR count). The number of halogens is 1. The first kappa shape index (κ1) is 24.1. The van der Waals surface area contributed by atoms with E-state index in [1.165, 1.54) is 5.56 Å². The first-order chi connectivity index (χ1) is 13.9. The molecule has 1 atom stereocenters. The second kappa shape index (κ2) is 10.7. The molecule has 6 nitrogen and oxygen atoms in total. The minimum absolute atomic E-state index is 0. The van der Waals surface area contributed by atoms with E-state index in [0.29, 0.717) is 31.8 Å². The van der Waals surface area contributed by atoms with Gasteiger partial charge in [0.1, 0.15) is 6.04 Å². The summed E-state index contributed by atoms with van der Waals surface area (Å²) in [6, 6.07) is 7.65. The van der Waals surface area contributed by atoms with Crippen LogP contribution >= 0.6 is 12.4 Å². The Bertz CT molecular complexity index is 839. The van der Waals surface area contributed by atoms with Crippen LogP contribution in [0, 0.1) is 11.8 Å². The number of aromatic nitrogens is 2. The Morgan fingerprint density at radius 3 is 2.30 bits per heavy atom. The van der Waals surface area contributed by atoms with Crippen molar-refractivity contribution in [2.45, 2.75) is 39.2 Å². The Morgan fingerprint density at radius 2 is 1.80 bits per heavy atom. The van der Waals surface area contributed by atoms with Crippen LogP contribution < -0.4 is 5.32 Å². The predicted octanol–water partition coefficient (Wildman–Crippen LogP) is 3.42. The highest BCUT2D eigenvalue weighted by Crippen LogP contribution is 2.25. The van der Waals surface area contributed by atoms with Gasteiger partial charge in [0, 0.05) is 43.4 Å². The van der Waals surface area contributed by atoms with Gasteiger partial charge in [-0.05, 0) is 37.8 Å². The summed E-state index contributed by atoms with van der Waals surface area (Å²) in [7, 11) is 3.63. The SMILES string of the molecule is CNC(C(=O)N1CCC(C(=O)c2ccc(CC(C)C)cc2)CC1)c1cnn(C)c1.Cl. The van der Waals surface area contributed by atoms with Crippen molar-refractivity contribution in [2.75, 3.05) is 20.1 Å². The molecule has 0 saturated carbocycles. The van der Waals surface area contributed by atoms with E-state index in [0.717, 1.165) is 17.5 Å². The minimum Gasteiger partial charge on any atom is -0.341 e. The van der Waals surface area contributed by atoms with Crippen LogP contribution in [0.2, 0.25) is 0 Å². The number of carbonyl (C=O) groups excluding carboxylic acids is 2. The lowest BCUT2D eigenvalue weighted by Crippen LogP contribution is -2.45. The molecule has 1 amide bonds. The maximum Gasteiger partial charge on any atom is 0.244 e. The standard InChI is InChI=1S/C23H32N4O2.ClH/c1-16(2)13-17-5-7-18(8-6-17)22(28)19-9-11-27(12-10-19)23(29)21(24-3)20-14-25-26(4)15-20;/h5-8,14-16,19,21,24H,9-13H2,1-4H3;1H. The number of ketones is 1. The summed E-state index contributed by atoms with van der Waals surface area (Å²) >= 11 is 0. The Morgan fingerprint density at radius 1 is 1.17 bits per heavy atom. The van der Waals surface area contributed by atoms with E-state index in [1.807, 2.05) is 30.3 Å². The van der Waals surface area contributed by atoms with Crippen LogP contribution in [0.25, 0.3) is 0 Å².